The molecule has 0 saturated carbocycles. The van der Waals surface area contributed by atoms with Crippen molar-refractivity contribution in [2.24, 2.45) is 0 Å². The fourth-order valence-corrected chi connectivity index (χ4v) is 4.42. The molecule has 0 N–H and O–H groups in total. The Morgan fingerprint density at radius 1 is 0.679 bits per heavy atom. The maximum atomic E-state index is 10.2. The number of hydrogen-bond acceptors (Lipinski definition) is 4. The predicted octanol–water partition coefficient (Wildman–Crippen LogP) is 6.55. The average molecular weight is 420 g/mol. The normalized spacial score (nSPS) is 15.6. The van der Waals surface area contributed by atoms with E-state index in [1.807, 2.05) is 0 Å². The number of hydrogen-bond donors (Lipinski definition) is 0. The van der Waals surface area contributed by atoms with Crippen molar-refractivity contribution >= 4 is 10.1 Å². The monoisotopic (exact) mass is 419 g/mol. The largest absolute Gasteiger partial charge is 0.309 e. The molecule has 4 nitrogen and oxygen atoms in total. The van der Waals surface area contributed by atoms with Crippen LogP contribution in [0.25, 0.3) is 0 Å². The van der Waals surface area contributed by atoms with Gasteiger partial charge in [-0.15, -0.1) is 0 Å². The Balaban J connectivity index is 0.000000861. The fraction of sp³-hybridized carbons (Fsp3) is 1.00. The van der Waals surface area contributed by atoms with E-state index < -0.39 is 10.1 Å². The first-order valence-corrected chi connectivity index (χ1v) is 13.6. The smallest absolute Gasteiger partial charge is 0.267 e. The molecule has 1 fully saturated rings. The van der Waals surface area contributed by atoms with Gasteiger partial charge in [-0.2, -0.15) is 8.42 Å². The van der Waals surface area contributed by atoms with Crippen molar-refractivity contribution in [3.63, 3.8) is 0 Å². The zero-order valence-corrected chi connectivity index (χ0v) is 20.0. The van der Waals surface area contributed by atoms with Crippen molar-refractivity contribution in [1.82, 2.24) is 4.90 Å². The Morgan fingerprint density at radius 2 is 1.07 bits per heavy atom. The Morgan fingerprint density at radius 3 is 1.32 bits per heavy atom. The molecule has 0 aromatic carbocycles. The van der Waals surface area contributed by atoms with Crippen LogP contribution in [0.1, 0.15) is 116 Å². The predicted molar refractivity (Wildman–Crippen MR) is 122 cm³/mol. The summed E-state index contributed by atoms with van der Waals surface area (Å²) in [7, 11) is 1.30. The SMILES string of the molecule is CCCCCCCCCCCCCCCCCCN(C)C.O=S1(=O)CCCO1. The first-order valence-electron chi connectivity index (χ1n) is 12.0. The van der Waals surface area contributed by atoms with Crippen molar-refractivity contribution in [3.05, 3.63) is 0 Å². The lowest BCUT2D eigenvalue weighted by Gasteiger charge is -2.08. The van der Waals surface area contributed by atoms with Crippen molar-refractivity contribution < 1.29 is 12.6 Å². The van der Waals surface area contributed by atoms with Crippen molar-refractivity contribution in [1.29, 1.82) is 0 Å². The summed E-state index contributed by atoms with van der Waals surface area (Å²) in [6.45, 7) is 3.94. The molecule has 0 aromatic heterocycles. The molecular weight excluding hydrogens is 370 g/mol. The molecule has 28 heavy (non-hydrogen) atoms. The highest BCUT2D eigenvalue weighted by Gasteiger charge is 2.16. The van der Waals surface area contributed by atoms with E-state index in [-0.39, 0.29) is 5.75 Å². The van der Waals surface area contributed by atoms with Crippen LogP contribution in [0.3, 0.4) is 0 Å². The summed E-state index contributed by atoms with van der Waals surface area (Å²) in [6, 6.07) is 0. The van der Waals surface area contributed by atoms with E-state index in [9.17, 15) is 8.42 Å². The third-order valence-electron chi connectivity index (χ3n) is 5.26. The lowest BCUT2D eigenvalue weighted by atomic mass is 10.0. The zero-order valence-electron chi connectivity index (χ0n) is 19.2. The highest BCUT2D eigenvalue weighted by Crippen LogP contribution is 2.13. The van der Waals surface area contributed by atoms with Crippen LogP contribution in [0.2, 0.25) is 0 Å². The maximum Gasteiger partial charge on any atom is 0.267 e. The quantitative estimate of drug-likeness (QED) is 0.198. The summed E-state index contributed by atoms with van der Waals surface area (Å²) in [5.74, 6) is 0.201. The molecular formula is C23H49NO3S. The number of unbranched alkanes of at least 4 members (excludes halogenated alkanes) is 15. The van der Waals surface area contributed by atoms with Crippen LogP contribution in [-0.4, -0.2) is 46.3 Å². The third-order valence-corrected chi connectivity index (χ3v) is 6.57. The highest BCUT2D eigenvalue weighted by molar-refractivity contribution is 7.86. The van der Waals surface area contributed by atoms with Crippen LogP contribution < -0.4 is 0 Å². The van der Waals surface area contributed by atoms with E-state index in [1.54, 1.807) is 0 Å². The lowest BCUT2D eigenvalue weighted by Crippen LogP contribution is -2.12. The van der Waals surface area contributed by atoms with Gasteiger partial charge in [0.15, 0.2) is 0 Å². The fourth-order valence-electron chi connectivity index (χ4n) is 3.46. The third kappa shape index (κ3) is 22.2. The first kappa shape index (κ1) is 27.9. The molecule has 0 amide bonds. The van der Waals surface area contributed by atoms with E-state index in [2.05, 4.69) is 30.1 Å². The molecule has 5 heteroatoms. The topological polar surface area (TPSA) is 46.6 Å². The van der Waals surface area contributed by atoms with Gasteiger partial charge in [0.25, 0.3) is 10.1 Å². The van der Waals surface area contributed by atoms with Crippen LogP contribution >= 0.6 is 0 Å². The lowest BCUT2D eigenvalue weighted by molar-refractivity contribution is 0.354. The minimum Gasteiger partial charge on any atom is -0.309 e. The zero-order chi connectivity index (χ0) is 20.9. The molecule has 1 heterocycles. The Labute approximate surface area is 176 Å². The van der Waals surface area contributed by atoms with Gasteiger partial charge < -0.3 is 4.90 Å². The molecule has 0 spiro atoms. The second-order valence-corrected chi connectivity index (χ2v) is 10.3. The molecule has 0 unspecified atom stereocenters. The summed E-state index contributed by atoms with van der Waals surface area (Å²) in [5, 5.41) is 0. The van der Waals surface area contributed by atoms with Gasteiger partial charge in [-0.25, -0.2) is 0 Å². The van der Waals surface area contributed by atoms with Gasteiger partial charge in [-0.05, 0) is 33.5 Å². The van der Waals surface area contributed by atoms with Gasteiger partial charge in [-0.3, -0.25) is 4.18 Å². The Kier molecular flexibility index (Phi) is 20.1. The van der Waals surface area contributed by atoms with Gasteiger partial charge in [-0.1, -0.05) is 103 Å². The summed E-state index contributed by atoms with van der Waals surface area (Å²) < 4.78 is 24.7. The number of nitrogens with zero attached hydrogens (tertiary/aromatic N) is 1. The summed E-state index contributed by atoms with van der Waals surface area (Å²) >= 11 is 0. The highest BCUT2D eigenvalue weighted by atomic mass is 32.2. The molecule has 0 atom stereocenters. The molecule has 170 valence electrons. The van der Waals surface area contributed by atoms with Crippen LogP contribution in [0.4, 0.5) is 0 Å². The molecule has 0 aliphatic carbocycles. The summed E-state index contributed by atoms with van der Waals surface area (Å²) in [6.07, 6.45) is 24.0. The van der Waals surface area contributed by atoms with Crippen molar-refractivity contribution in [2.45, 2.75) is 116 Å². The van der Waals surface area contributed by atoms with Gasteiger partial charge in [0.2, 0.25) is 0 Å². The second-order valence-electron chi connectivity index (χ2n) is 8.54. The molecule has 1 saturated heterocycles. The molecule has 1 rings (SSSR count). The van der Waals surface area contributed by atoms with Crippen molar-refractivity contribution in [3.8, 4) is 0 Å². The van der Waals surface area contributed by atoms with Crippen LogP contribution in [0.5, 0.6) is 0 Å². The van der Waals surface area contributed by atoms with Gasteiger partial charge >= 0.3 is 0 Å². The van der Waals surface area contributed by atoms with E-state index in [0.717, 1.165) is 0 Å². The summed E-state index contributed by atoms with van der Waals surface area (Å²) in [5.41, 5.74) is 0. The standard InChI is InChI=1S/C20H43N.C3H6O3S/c1-4-5-6-7-8-9-10-11-12-13-14-15-16-17-18-19-20-21(2)3;4-7(5)3-1-2-6-7/h4-20H2,1-3H3;1-3H2. The minimum absolute atomic E-state index is 0.201. The van der Waals surface area contributed by atoms with Crippen LogP contribution in [0.15, 0.2) is 0 Å². The Bertz CT molecular complexity index is 398. The van der Waals surface area contributed by atoms with Crippen molar-refractivity contribution in [2.75, 3.05) is 33.0 Å². The van der Waals surface area contributed by atoms with Crippen LogP contribution in [0, 0.1) is 0 Å². The molecule has 1 aliphatic rings. The molecule has 0 radical (unpaired) electrons. The van der Waals surface area contributed by atoms with Gasteiger partial charge in [0, 0.05) is 0 Å². The second kappa shape index (κ2) is 20.2. The average Bonchev–Trinajstić information content (AvgIpc) is 3.06. The maximum absolute atomic E-state index is 10.2. The Hall–Kier alpha value is -0.130. The molecule has 0 bridgehead atoms. The molecule has 1 aliphatic heterocycles. The van der Waals surface area contributed by atoms with E-state index in [4.69, 9.17) is 0 Å². The van der Waals surface area contributed by atoms with Crippen LogP contribution in [-0.2, 0) is 14.3 Å². The van der Waals surface area contributed by atoms with E-state index in [1.165, 1.54) is 109 Å². The first-order chi connectivity index (χ1) is 13.5. The number of rotatable bonds is 17. The summed E-state index contributed by atoms with van der Waals surface area (Å²) in [4.78, 5) is 2.30. The van der Waals surface area contributed by atoms with Gasteiger partial charge in [0.1, 0.15) is 0 Å². The van der Waals surface area contributed by atoms with Gasteiger partial charge in [0.05, 0.1) is 12.4 Å². The van der Waals surface area contributed by atoms with E-state index in [0.29, 0.717) is 13.0 Å². The molecule has 0 aromatic rings. The van der Waals surface area contributed by atoms with E-state index >= 15 is 0 Å². The minimum atomic E-state index is -3.05.